The molecule has 0 fully saturated rings. The van der Waals surface area contributed by atoms with Crippen molar-refractivity contribution >= 4 is 27.3 Å². The van der Waals surface area contributed by atoms with Crippen molar-refractivity contribution in [3.63, 3.8) is 0 Å². The van der Waals surface area contributed by atoms with Gasteiger partial charge < -0.3 is 5.32 Å². The van der Waals surface area contributed by atoms with Crippen molar-refractivity contribution in [3.05, 3.63) is 55.4 Å². The topological polar surface area (TPSA) is 12.0 Å². The molecule has 1 atom stereocenters. The predicted octanol–water partition coefficient (Wildman–Crippen LogP) is 4.97. The third-order valence-electron chi connectivity index (χ3n) is 2.97. The lowest BCUT2D eigenvalue weighted by atomic mass is 10.0. The second-order valence-electron chi connectivity index (χ2n) is 4.61. The third kappa shape index (κ3) is 3.44. The molecule has 2 aromatic rings. The molecule has 0 aliphatic heterocycles. The number of rotatable bonds is 4. The van der Waals surface area contributed by atoms with Crippen molar-refractivity contribution < 1.29 is 4.39 Å². The SMILES string of the molecule is CCNC(c1cc(C)cc(F)c1)c1cc(Br)c(C)s1. The highest BCUT2D eigenvalue weighted by Crippen LogP contribution is 2.34. The van der Waals surface area contributed by atoms with Gasteiger partial charge in [0.2, 0.25) is 0 Å². The van der Waals surface area contributed by atoms with Crippen molar-refractivity contribution in [3.8, 4) is 0 Å². The van der Waals surface area contributed by atoms with E-state index in [2.05, 4.69) is 41.2 Å². The highest BCUT2D eigenvalue weighted by Gasteiger charge is 2.17. The molecule has 1 nitrogen and oxygen atoms in total. The molecule has 0 saturated carbocycles. The Morgan fingerprint density at radius 3 is 2.53 bits per heavy atom. The number of aryl methyl sites for hydroxylation is 2. The first kappa shape index (κ1) is 14.7. The van der Waals surface area contributed by atoms with E-state index >= 15 is 0 Å². The Kier molecular flexibility index (Phi) is 4.76. The summed E-state index contributed by atoms with van der Waals surface area (Å²) in [5, 5.41) is 3.43. The Morgan fingerprint density at radius 2 is 2.00 bits per heavy atom. The lowest BCUT2D eigenvalue weighted by Crippen LogP contribution is -2.21. The highest BCUT2D eigenvalue weighted by molar-refractivity contribution is 9.10. The molecule has 1 unspecified atom stereocenters. The molecule has 19 heavy (non-hydrogen) atoms. The van der Waals surface area contributed by atoms with Gasteiger partial charge in [-0.1, -0.05) is 13.0 Å². The van der Waals surface area contributed by atoms with E-state index in [1.54, 1.807) is 23.5 Å². The molecule has 0 radical (unpaired) electrons. The molecule has 0 saturated heterocycles. The van der Waals surface area contributed by atoms with Gasteiger partial charge in [0.1, 0.15) is 5.82 Å². The summed E-state index contributed by atoms with van der Waals surface area (Å²) in [6, 6.07) is 7.38. The van der Waals surface area contributed by atoms with Gasteiger partial charge in [-0.15, -0.1) is 11.3 Å². The zero-order valence-electron chi connectivity index (χ0n) is 11.3. The van der Waals surface area contributed by atoms with Crippen LogP contribution in [0.4, 0.5) is 4.39 Å². The second kappa shape index (κ2) is 6.16. The van der Waals surface area contributed by atoms with E-state index in [4.69, 9.17) is 0 Å². The number of hydrogen-bond donors (Lipinski definition) is 1. The van der Waals surface area contributed by atoms with Crippen LogP contribution in [0.1, 0.15) is 33.8 Å². The first-order valence-corrected chi connectivity index (χ1v) is 7.88. The second-order valence-corrected chi connectivity index (χ2v) is 6.75. The first-order valence-electron chi connectivity index (χ1n) is 6.27. The molecule has 2 rings (SSSR count). The number of hydrogen-bond acceptors (Lipinski definition) is 2. The maximum Gasteiger partial charge on any atom is 0.123 e. The maximum atomic E-state index is 13.6. The van der Waals surface area contributed by atoms with Gasteiger partial charge in [-0.2, -0.15) is 0 Å². The summed E-state index contributed by atoms with van der Waals surface area (Å²) < 4.78 is 14.7. The van der Waals surface area contributed by atoms with Crippen LogP contribution in [0.5, 0.6) is 0 Å². The minimum atomic E-state index is -0.176. The van der Waals surface area contributed by atoms with Crippen LogP contribution in [0, 0.1) is 19.7 Å². The van der Waals surface area contributed by atoms with E-state index in [-0.39, 0.29) is 11.9 Å². The summed E-state index contributed by atoms with van der Waals surface area (Å²) >= 11 is 5.28. The summed E-state index contributed by atoms with van der Waals surface area (Å²) in [5.41, 5.74) is 1.93. The number of halogens is 2. The van der Waals surface area contributed by atoms with Gasteiger partial charge in [0.05, 0.1) is 6.04 Å². The molecule has 1 aromatic heterocycles. The van der Waals surface area contributed by atoms with E-state index in [1.165, 1.54) is 9.75 Å². The number of thiophene rings is 1. The van der Waals surface area contributed by atoms with Crippen molar-refractivity contribution in [2.45, 2.75) is 26.8 Å². The van der Waals surface area contributed by atoms with Gasteiger partial charge in [0.15, 0.2) is 0 Å². The van der Waals surface area contributed by atoms with Crippen molar-refractivity contribution in [2.24, 2.45) is 0 Å². The quantitative estimate of drug-likeness (QED) is 0.828. The predicted molar refractivity (Wildman–Crippen MR) is 83.4 cm³/mol. The van der Waals surface area contributed by atoms with Crippen LogP contribution in [0.3, 0.4) is 0 Å². The van der Waals surface area contributed by atoms with Crippen LogP contribution in [0.2, 0.25) is 0 Å². The van der Waals surface area contributed by atoms with Crippen molar-refractivity contribution in [1.82, 2.24) is 5.32 Å². The number of benzene rings is 1. The molecular weight excluding hydrogens is 325 g/mol. The lowest BCUT2D eigenvalue weighted by molar-refractivity contribution is 0.605. The van der Waals surface area contributed by atoms with E-state index in [1.807, 2.05) is 13.0 Å². The molecule has 4 heteroatoms. The van der Waals surface area contributed by atoms with E-state index in [9.17, 15) is 4.39 Å². The fourth-order valence-electron chi connectivity index (χ4n) is 2.14. The lowest BCUT2D eigenvalue weighted by Gasteiger charge is -2.17. The van der Waals surface area contributed by atoms with Gasteiger partial charge in [0, 0.05) is 14.2 Å². The minimum absolute atomic E-state index is 0.0504. The molecule has 1 N–H and O–H groups in total. The van der Waals surface area contributed by atoms with Crippen LogP contribution in [-0.2, 0) is 0 Å². The molecule has 102 valence electrons. The Hall–Kier alpha value is -0.710. The summed E-state index contributed by atoms with van der Waals surface area (Å²) in [6.07, 6.45) is 0. The smallest absolute Gasteiger partial charge is 0.123 e. The van der Waals surface area contributed by atoms with Gasteiger partial charge in [-0.05, 0) is 65.6 Å². The molecule has 0 aliphatic carbocycles. The van der Waals surface area contributed by atoms with Crippen LogP contribution in [-0.4, -0.2) is 6.54 Å². The summed E-state index contributed by atoms with van der Waals surface area (Å²) in [4.78, 5) is 2.45. The van der Waals surface area contributed by atoms with Crippen molar-refractivity contribution in [2.75, 3.05) is 6.54 Å². The molecule has 0 amide bonds. The zero-order chi connectivity index (χ0) is 14.0. The summed E-state index contributed by atoms with van der Waals surface area (Å²) in [6.45, 7) is 6.91. The van der Waals surface area contributed by atoms with Crippen LogP contribution >= 0.6 is 27.3 Å². The van der Waals surface area contributed by atoms with Gasteiger partial charge in [0.25, 0.3) is 0 Å². The maximum absolute atomic E-state index is 13.6. The average Bonchev–Trinajstić information content (AvgIpc) is 2.65. The fourth-order valence-corrected chi connectivity index (χ4v) is 3.81. The average molecular weight is 342 g/mol. The molecule has 0 aliphatic rings. The summed E-state index contributed by atoms with van der Waals surface area (Å²) in [7, 11) is 0. The van der Waals surface area contributed by atoms with Crippen LogP contribution in [0.15, 0.2) is 28.7 Å². The highest BCUT2D eigenvalue weighted by atomic mass is 79.9. The van der Waals surface area contributed by atoms with Crippen LogP contribution < -0.4 is 5.32 Å². The molecule has 0 bridgehead atoms. The first-order chi connectivity index (χ1) is 9.01. The molecule has 0 spiro atoms. The van der Waals surface area contributed by atoms with E-state index < -0.39 is 0 Å². The zero-order valence-corrected chi connectivity index (χ0v) is 13.7. The van der Waals surface area contributed by atoms with E-state index in [0.29, 0.717) is 0 Å². The monoisotopic (exact) mass is 341 g/mol. The number of nitrogens with one attached hydrogen (secondary N) is 1. The van der Waals surface area contributed by atoms with Crippen molar-refractivity contribution in [1.29, 1.82) is 0 Å². The Morgan fingerprint density at radius 1 is 1.26 bits per heavy atom. The van der Waals surface area contributed by atoms with Gasteiger partial charge >= 0.3 is 0 Å². The fraction of sp³-hybridized carbons (Fsp3) is 0.333. The third-order valence-corrected chi connectivity index (χ3v) is 5.17. The van der Waals surface area contributed by atoms with Gasteiger partial charge in [-0.3, -0.25) is 0 Å². The van der Waals surface area contributed by atoms with Gasteiger partial charge in [-0.25, -0.2) is 4.39 Å². The molecular formula is C15H17BrFNS. The standard InChI is InChI=1S/C15H17BrFNS/c1-4-18-15(14-8-13(16)10(3)19-14)11-5-9(2)6-12(17)7-11/h5-8,15,18H,4H2,1-3H3. The normalized spacial score (nSPS) is 12.7. The van der Waals surface area contributed by atoms with Crippen LogP contribution in [0.25, 0.3) is 0 Å². The Labute approximate surface area is 126 Å². The summed E-state index contributed by atoms with van der Waals surface area (Å²) in [5.74, 6) is -0.176. The Balaban J connectivity index is 2.44. The molecule has 1 aromatic carbocycles. The largest absolute Gasteiger partial charge is 0.306 e. The minimum Gasteiger partial charge on any atom is -0.306 e. The molecule has 1 heterocycles. The Bertz CT molecular complexity index is 540. The van der Waals surface area contributed by atoms with E-state index in [0.717, 1.165) is 22.1 Å².